The molecule has 8 heteroatoms. The van der Waals surface area contributed by atoms with Crippen molar-refractivity contribution < 1.29 is 4.79 Å². The third kappa shape index (κ3) is 3.54. The van der Waals surface area contributed by atoms with Crippen LogP contribution < -0.4 is 16.6 Å². The summed E-state index contributed by atoms with van der Waals surface area (Å²) in [5.74, 6) is -0.721. The van der Waals surface area contributed by atoms with Crippen LogP contribution in [0.4, 0.5) is 5.69 Å². The van der Waals surface area contributed by atoms with Gasteiger partial charge >= 0.3 is 5.69 Å². The molecule has 1 aromatic heterocycles. The lowest BCUT2D eigenvalue weighted by atomic mass is 10.2. The van der Waals surface area contributed by atoms with Crippen LogP contribution in [-0.2, 0) is 7.05 Å². The highest BCUT2D eigenvalue weighted by Crippen LogP contribution is 2.23. The average Bonchev–Trinajstić information content (AvgIpc) is 2.64. The molecule has 1 N–H and O–H groups in total. The van der Waals surface area contributed by atoms with Crippen LogP contribution in [0, 0.1) is 13.8 Å². The molecule has 2 aromatic carbocycles. The molecule has 0 bridgehead atoms. The number of rotatable bonds is 3. The van der Waals surface area contributed by atoms with E-state index < -0.39 is 22.9 Å². The quantitative estimate of drug-likeness (QED) is 0.751. The number of carbonyl (C=O) groups excluding carboxylic acids is 1. The van der Waals surface area contributed by atoms with Crippen molar-refractivity contribution in [3.63, 3.8) is 0 Å². The predicted octanol–water partition coefficient (Wildman–Crippen LogP) is 2.45. The van der Waals surface area contributed by atoms with Crippen molar-refractivity contribution in [3.8, 4) is 5.69 Å². The van der Waals surface area contributed by atoms with E-state index in [9.17, 15) is 14.4 Å². The van der Waals surface area contributed by atoms with Gasteiger partial charge in [0.1, 0.15) is 0 Å². The summed E-state index contributed by atoms with van der Waals surface area (Å²) < 4.78 is 1.88. The van der Waals surface area contributed by atoms with Gasteiger partial charge in [-0.05, 0) is 43.7 Å². The minimum absolute atomic E-state index is 0.392. The molecule has 0 spiro atoms. The summed E-state index contributed by atoms with van der Waals surface area (Å²) in [6.45, 7) is 3.66. The Hall–Kier alpha value is -3.19. The largest absolute Gasteiger partial charge is 0.351 e. The van der Waals surface area contributed by atoms with Crippen LogP contribution in [0.1, 0.15) is 21.6 Å². The molecule has 1 amide bonds. The first kappa shape index (κ1) is 18.6. The maximum atomic E-state index is 12.7. The topological polar surface area (TPSA) is 86.0 Å². The third-order valence-corrected chi connectivity index (χ3v) is 4.59. The van der Waals surface area contributed by atoms with E-state index in [1.54, 1.807) is 37.3 Å². The Balaban J connectivity index is 2.09. The number of halogens is 1. The summed E-state index contributed by atoms with van der Waals surface area (Å²) in [7, 11) is 1.30. The Kier molecular flexibility index (Phi) is 4.96. The molecular formula is C19H17ClN4O3. The van der Waals surface area contributed by atoms with E-state index >= 15 is 0 Å². The van der Waals surface area contributed by atoms with Crippen molar-refractivity contribution in [2.75, 3.05) is 5.32 Å². The molecule has 7 nitrogen and oxygen atoms in total. The minimum Gasteiger partial charge on any atom is -0.320 e. The molecule has 0 saturated heterocycles. The van der Waals surface area contributed by atoms with Crippen LogP contribution in [-0.4, -0.2) is 20.3 Å². The van der Waals surface area contributed by atoms with E-state index in [1.807, 2.05) is 19.1 Å². The van der Waals surface area contributed by atoms with Crippen LogP contribution in [0.3, 0.4) is 0 Å². The van der Waals surface area contributed by atoms with Crippen LogP contribution in [0.15, 0.2) is 52.1 Å². The number of amides is 1. The molecule has 0 aliphatic carbocycles. The van der Waals surface area contributed by atoms with Gasteiger partial charge in [-0.2, -0.15) is 9.78 Å². The fourth-order valence-corrected chi connectivity index (χ4v) is 2.67. The molecule has 0 aliphatic rings. The van der Waals surface area contributed by atoms with E-state index in [-0.39, 0.29) is 0 Å². The van der Waals surface area contributed by atoms with Gasteiger partial charge in [-0.3, -0.25) is 14.2 Å². The van der Waals surface area contributed by atoms with Gasteiger partial charge in [0, 0.05) is 17.8 Å². The number of aryl methyl sites for hydroxylation is 1. The van der Waals surface area contributed by atoms with E-state index in [2.05, 4.69) is 10.4 Å². The molecule has 0 unspecified atom stereocenters. The molecule has 0 saturated carbocycles. The molecule has 27 heavy (non-hydrogen) atoms. The predicted molar refractivity (Wildman–Crippen MR) is 104 cm³/mol. The Bertz CT molecular complexity index is 1150. The first-order valence-corrected chi connectivity index (χ1v) is 8.51. The molecule has 0 aliphatic heterocycles. The van der Waals surface area contributed by atoms with Gasteiger partial charge in [0.25, 0.3) is 11.5 Å². The lowest BCUT2D eigenvalue weighted by molar-refractivity contribution is 0.101. The second-order valence-corrected chi connectivity index (χ2v) is 6.52. The van der Waals surface area contributed by atoms with Gasteiger partial charge in [-0.1, -0.05) is 35.4 Å². The summed E-state index contributed by atoms with van der Waals surface area (Å²) >= 11 is 6.06. The Labute approximate surface area is 159 Å². The SMILES string of the molecule is Cc1ccc(-n2nc(C(=O)Nc3cccc(Cl)c3C)c(=O)n(C)c2=O)cc1. The molecule has 0 radical (unpaired) electrons. The fraction of sp³-hybridized carbons (Fsp3) is 0.158. The Morgan fingerprint density at radius 1 is 1.07 bits per heavy atom. The second-order valence-electron chi connectivity index (χ2n) is 6.11. The normalized spacial score (nSPS) is 10.7. The molecule has 0 atom stereocenters. The van der Waals surface area contributed by atoms with Crippen LogP contribution >= 0.6 is 11.6 Å². The number of carbonyl (C=O) groups is 1. The summed E-state index contributed by atoms with van der Waals surface area (Å²) in [4.78, 5) is 37.5. The lowest BCUT2D eigenvalue weighted by Crippen LogP contribution is -2.43. The van der Waals surface area contributed by atoms with Crippen molar-refractivity contribution in [3.05, 3.63) is 85.1 Å². The van der Waals surface area contributed by atoms with Gasteiger partial charge < -0.3 is 5.32 Å². The van der Waals surface area contributed by atoms with E-state index in [0.29, 0.717) is 22.0 Å². The smallest absolute Gasteiger partial charge is 0.320 e. The monoisotopic (exact) mass is 384 g/mol. The van der Waals surface area contributed by atoms with Crippen LogP contribution in [0.25, 0.3) is 5.69 Å². The standard InChI is InChI=1S/C19H17ClN4O3/c1-11-7-9-13(10-8-11)24-19(27)23(3)18(26)16(22-24)17(25)21-15-6-4-5-14(20)12(15)2/h4-10H,1-3H3,(H,21,25). The zero-order valence-electron chi connectivity index (χ0n) is 15.0. The zero-order valence-corrected chi connectivity index (χ0v) is 15.7. The minimum atomic E-state index is -0.777. The highest BCUT2D eigenvalue weighted by molar-refractivity contribution is 6.31. The first-order valence-electron chi connectivity index (χ1n) is 8.13. The summed E-state index contributed by atoms with van der Waals surface area (Å²) in [6.07, 6.45) is 0. The van der Waals surface area contributed by atoms with Gasteiger partial charge in [-0.15, -0.1) is 0 Å². The maximum Gasteiger partial charge on any atom is 0.351 e. The van der Waals surface area contributed by atoms with Gasteiger partial charge in [-0.25, -0.2) is 4.79 Å². The maximum absolute atomic E-state index is 12.7. The fourth-order valence-electron chi connectivity index (χ4n) is 2.49. The highest BCUT2D eigenvalue weighted by atomic mass is 35.5. The van der Waals surface area contributed by atoms with Crippen molar-refractivity contribution >= 4 is 23.2 Å². The Morgan fingerprint density at radius 3 is 2.41 bits per heavy atom. The number of nitrogens with zero attached hydrogens (tertiary/aromatic N) is 3. The molecule has 138 valence electrons. The number of benzene rings is 2. The number of hydrogen-bond acceptors (Lipinski definition) is 4. The number of anilines is 1. The molecule has 0 fully saturated rings. The first-order chi connectivity index (χ1) is 12.8. The number of nitrogens with one attached hydrogen (secondary N) is 1. The number of aromatic nitrogens is 3. The third-order valence-electron chi connectivity index (χ3n) is 4.18. The van der Waals surface area contributed by atoms with Crippen molar-refractivity contribution in [2.24, 2.45) is 7.05 Å². The lowest BCUT2D eigenvalue weighted by Gasteiger charge is -2.11. The summed E-state index contributed by atoms with van der Waals surface area (Å²) in [6, 6.07) is 12.0. The molecule has 3 aromatic rings. The van der Waals surface area contributed by atoms with E-state index in [1.165, 1.54) is 7.05 Å². The highest BCUT2D eigenvalue weighted by Gasteiger charge is 2.19. The molecule has 1 heterocycles. The number of hydrogen-bond donors (Lipinski definition) is 1. The summed E-state index contributed by atoms with van der Waals surface area (Å²) in [5, 5.41) is 7.12. The van der Waals surface area contributed by atoms with E-state index in [4.69, 9.17) is 11.6 Å². The Morgan fingerprint density at radius 2 is 1.74 bits per heavy atom. The zero-order chi connectivity index (χ0) is 19.7. The average molecular weight is 385 g/mol. The van der Waals surface area contributed by atoms with Gasteiger partial charge in [0.2, 0.25) is 5.69 Å². The summed E-state index contributed by atoms with van der Waals surface area (Å²) in [5.41, 5.74) is 0.776. The van der Waals surface area contributed by atoms with Crippen LogP contribution in [0.2, 0.25) is 5.02 Å². The van der Waals surface area contributed by atoms with Gasteiger partial charge in [0.15, 0.2) is 0 Å². The van der Waals surface area contributed by atoms with Crippen LogP contribution in [0.5, 0.6) is 0 Å². The van der Waals surface area contributed by atoms with Crippen molar-refractivity contribution in [1.82, 2.24) is 14.3 Å². The van der Waals surface area contributed by atoms with Crippen molar-refractivity contribution in [1.29, 1.82) is 0 Å². The van der Waals surface area contributed by atoms with E-state index in [0.717, 1.165) is 14.8 Å². The van der Waals surface area contributed by atoms with Gasteiger partial charge in [0.05, 0.1) is 5.69 Å². The molecular weight excluding hydrogens is 368 g/mol. The molecule has 3 rings (SSSR count). The van der Waals surface area contributed by atoms with Crippen molar-refractivity contribution in [2.45, 2.75) is 13.8 Å². The second kappa shape index (κ2) is 7.20.